The molecule has 1 amide bonds. The maximum absolute atomic E-state index is 11.8. The third kappa shape index (κ3) is 7.46. The van der Waals surface area contributed by atoms with E-state index >= 15 is 0 Å². The predicted molar refractivity (Wildman–Crippen MR) is 92.3 cm³/mol. The lowest BCUT2D eigenvalue weighted by Gasteiger charge is -2.20. The highest BCUT2D eigenvalue weighted by Crippen LogP contribution is 2.14. The molecule has 1 atom stereocenters. The van der Waals surface area contributed by atoms with Gasteiger partial charge in [-0.05, 0) is 64.3 Å². The van der Waals surface area contributed by atoms with Gasteiger partial charge in [0.25, 0.3) is 0 Å². The van der Waals surface area contributed by atoms with Crippen LogP contribution in [-0.4, -0.2) is 24.3 Å². The summed E-state index contributed by atoms with van der Waals surface area (Å²) in [6.07, 6.45) is 0.511. The second-order valence-corrected chi connectivity index (χ2v) is 7.06. The van der Waals surface area contributed by atoms with Gasteiger partial charge < -0.3 is 10.1 Å². The Bertz CT molecular complexity index is 478. The average molecular weight is 306 g/mol. The molecule has 0 unspecified atom stereocenters. The number of hydrogen-bond donors (Lipinski definition) is 2. The first-order valence-electron chi connectivity index (χ1n) is 7.99. The number of amides is 1. The van der Waals surface area contributed by atoms with Crippen LogP contribution in [0.1, 0.15) is 47.1 Å². The van der Waals surface area contributed by atoms with E-state index in [2.05, 4.69) is 37.5 Å². The molecular weight excluding hydrogens is 276 g/mol. The van der Waals surface area contributed by atoms with E-state index in [4.69, 9.17) is 4.74 Å². The molecule has 0 bridgehead atoms. The van der Waals surface area contributed by atoms with Crippen molar-refractivity contribution >= 4 is 11.8 Å². The lowest BCUT2D eigenvalue weighted by atomic mass is 10.1. The van der Waals surface area contributed by atoms with Crippen LogP contribution in [-0.2, 0) is 11.2 Å². The predicted octanol–water partition coefficient (Wildman–Crippen LogP) is 4.21. The van der Waals surface area contributed by atoms with Crippen LogP contribution in [0.3, 0.4) is 0 Å². The summed E-state index contributed by atoms with van der Waals surface area (Å²) >= 11 is 0. The second-order valence-electron chi connectivity index (χ2n) is 7.06. The van der Waals surface area contributed by atoms with Gasteiger partial charge >= 0.3 is 6.09 Å². The molecule has 124 valence electrons. The molecule has 22 heavy (non-hydrogen) atoms. The molecule has 0 heterocycles. The summed E-state index contributed by atoms with van der Waals surface area (Å²) in [7, 11) is 0. The lowest BCUT2D eigenvalue weighted by Crippen LogP contribution is -2.32. The van der Waals surface area contributed by atoms with Gasteiger partial charge in [0.05, 0.1) is 0 Å². The molecule has 0 aliphatic carbocycles. The number of benzene rings is 1. The number of rotatable bonds is 6. The van der Waals surface area contributed by atoms with Gasteiger partial charge in [-0.15, -0.1) is 0 Å². The van der Waals surface area contributed by atoms with E-state index in [-0.39, 0.29) is 0 Å². The van der Waals surface area contributed by atoms with Crippen LogP contribution in [0, 0.1) is 5.92 Å². The quantitative estimate of drug-likeness (QED) is 0.827. The van der Waals surface area contributed by atoms with Gasteiger partial charge in [-0.2, -0.15) is 0 Å². The molecule has 0 radical (unpaired) electrons. The minimum Gasteiger partial charge on any atom is -0.444 e. The van der Waals surface area contributed by atoms with Gasteiger partial charge in [0, 0.05) is 11.7 Å². The Balaban J connectivity index is 2.50. The summed E-state index contributed by atoms with van der Waals surface area (Å²) in [5.74, 6) is 0.625. The van der Waals surface area contributed by atoms with Crippen LogP contribution in [0.5, 0.6) is 0 Å². The van der Waals surface area contributed by atoms with Crippen LogP contribution >= 0.6 is 0 Å². The first-order valence-corrected chi connectivity index (χ1v) is 7.99. The first-order chi connectivity index (χ1) is 10.2. The van der Waals surface area contributed by atoms with Gasteiger partial charge in [0.15, 0.2) is 0 Å². The largest absolute Gasteiger partial charge is 0.444 e. The highest BCUT2D eigenvalue weighted by atomic mass is 16.6. The van der Waals surface area contributed by atoms with E-state index in [1.165, 1.54) is 5.56 Å². The maximum atomic E-state index is 11.8. The molecule has 0 aliphatic heterocycles. The molecule has 1 rings (SSSR count). The minimum absolute atomic E-state index is 0.420. The normalized spacial score (nSPS) is 13.0. The van der Waals surface area contributed by atoms with Crippen molar-refractivity contribution in [2.45, 2.75) is 59.6 Å². The van der Waals surface area contributed by atoms with Crippen LogP contribution in [0.25, 0.3) is 0 Å². The zero-order valence-electron chi connectivity index (χ0n) is 14.7. The van der Waals surface area contributed by atoms with Crippen molar-refractivity contribution in [2.75, 3.05) is 11.9 Å². The van der Waals surface area contributed by atoms with Crippen LogP contribution in [0.2, 0.25) is 0 Å². The van der Waals surface area contributed by atoms with Crippen molar-refractivity contribution in [1.29, 1.82) is 0 Å². The summed E-state index contributed by atoms with van der Waals surface area (Å²) in [6, 6.07) is 8.39. The Morgan fingerprint density at radius 3 is 2.50 bits per heavy atom. The molecule has 1 aromatic rings. The number of ether oxygens (including phenoxy) is 1. The first kappa shape index (κ1) is 18.5. The Hall–Kier alpha value is -1.55. The maximum Gasteiger partial charge on any atom is 0.412 e. The molecule has 0 spiro atoms. The number of nitrogens with one attached hydrogen (secondary N) is 2. The van der Waals surface area contributed by atoms with Crippen molar-refractivity contribution in [2.24, 2.45) is 5.92 Å². The van der Waals surface area contributed by atoms with E-state index in [0.717, 1.165) is 18.7 Å². The van der Waals surface area contributed by atoms with Gasteiger partial charge in [-0.3, -0.25) is 5.32 Å². The number of carbonyl (C=O) groups is 1. The number of anilines is 1. The third-order valence-corrected chi connectivity index (χ3v) is 3.45. The summed E-state index contributed by atoms with van der Waals surface area (Å²) < 4.78 is 5.26. The molecule has 4 heteroatoms. The van der Waals surface area contributed by atoms with Gasteiger partial charge in [-0.1, -0.05) is 26.0 Å². The van der Waals surface area contributed by atoms with Crippen LogP contribution in [0.15, 0.2) is 24.3 Å². The molecule has 4 nitrogen and oxygen atoms in total. The summed E-state index contributed by atoms with van der Waals surface area (Å²) in [4.78, 5) is 11.8. The Kier molecular flexibility index (Phi) is 6.88. The fourth-order valence-electron chi connectivity index (χ4n) is 1.91. The molecule has 1 aromatic carbocycles. The third-order valence-electron chi connectivity index (χ3n) is 3.45. The van der Waals surface area contributed by atoms with E-state index in [1.807, 2.05) is 39.0 Å². The Morgan fingerprint density at radius 1 is 1.23 bits per heavy atom. The lowest BCUT2D eigenvalue weighted by molar-refractivity contribution is 0.0636. The molecule has 0 fully saturated rings. The van der Waals surface area contributed by atoms with Crippen molar-refractivity contribution in [3.63, 3.8) is 0 Å². The van der Waals surface area contributed by atoms with Crippen molar-refractivity contribution in [1.82, 2.24) is 5.32 Å². The zero-order valence-corrected chi connectivity index (χ0v) is 14.7. The van der Waals surface area contributed by atoms with Crippen molar-refractivity contribution in [3.05, 3.63) is 29.8 Å². The standard InChI is InChI=1S/C18H30N2O2/c1-13(2)14(3)19-11-10-15-8-7-9-16(12-15)20-17(21)22-18(4,5)6/h7-9,12-14,19H,10-11H2,1-6H3,(H,20,21)/t14-/m0/s1. The summed E-state index contributed by atoms with van der Waals surface area (Å²) in [5.41, 5.74) is 1.47. The van der Waals surface area contributed by atoms with Gasteiger partial charge in [-0.25, -0.2) is 4.79 Å². The highest BCUT2D eigenvalue weighted by molar-refractivity contribution is 5.84. The fourth-order valence-corrected chi connectivity index (χ4v) is 1.91. The Morgan fingerprint density at radius 2 is 1.91 bits per heavy atom. The molecular formula is C18H30N2O2. The summed E-state index contributed by atoms with van der Waals surface area (Å²) in [5, 5.41) is 6.28. The zero-order chi connectivity index (χ0) is 16.8. The van der Waals surface area contributed by atoms with Crippen molar-refractivity contribution < 1.29 is 9.53 Å². The minimum atomic E-state index is -0.488. The number of carbonyl (C=O) groups excluding carboxylic acids is 1. The Labute approximate surface area is 134 Å². The van der Waals surface area contributed by atoms with Crippen LogP contribution < -0.4 is 10.6 Å². The monoisotopic (exact) mass is 306 g/mol. The SMILES string of the molecule is CC(C)[C@H](C)NCCc1cccc(NC(=O)OC(C)(C)C)c1. The van der Waals surface area contributed by atoms with Gasteiger partial charge in [0.1, 0.15) is 5.60 Å². The smallest absolute Gasteiger partial charge is 0.412 e. The van der Waals surface area contributed by atoms with E-state index in [1.54, 1.807) is 0 Å². The second kappa shape index (κ2) is 8.18. The number of hydrogen-bond acceptors (Lipinski definition) is 3. The van der Waals surface area contributed by atoms with E-state index < -0.39 is 11.7 Å². The molecule has 0 aliphatic rings. The average Bonchev–Trinajstić information content (AvgIpc) is 2.36. The molecule has 2 N–H and O–H groups in total. The topological polar surface area (TPSA) is 50.4 Å². The van der Waals surface area contributed by atoms with E-state index in [9.17, 15) is 4.79 Å². The van der Waals surface area contributed by atoms with Gasteiger partial charge in [0.2, 0.25) is 0 Å². The molecule has 0 saturated carbocycles. The van der Waals surface area contributed by atoms with Crippen molar-refractivity contribution in [3.8, 4) is 0 Å². The fraction of sp³-hybridized carbons (Fsp3) is 0.611. The highest BCUT2D eigenvalue weighted by Gasteiger charge is 2.16. The molecule has 0 saturated heterocycles. The van der Waals surface area contributed by atoms with E-state index in [0.29, 0.717) is 12.0 Å². The molecule has 0 aromatic heterocycles. The van der Waals surface area contributed by atoms with Crippen LogP contribution in [0.4, 0.5) is 10.5 Å². The summed E-state index contributed by atoms with van der Waals surface area (Å²) in [6.45, 7) is 13.1.